The summed E-state index contributed by atoms with van der Waals surface area (Å²) in [7, 11) is 3.96. The molecule has 1 aliphatic rings. The summed E-state index contributed by atoms with van der Waals surface area (Å²) in [6.45, 7) is 5.07. The van der Waals surface area contributed by atoms with Crippen LogP contribution in [0, 0.1) is 5.92 Å². The van der Waals surface area contributed by atoms with Crippen LogP contribution < -0.4 is 15.0 Å². The van der Waals surface area contributed by atoms with Crippen LogP contribution in [0.25, 0.3) is 10.9 Å². The fourth-order valence-corrected chi connectivity index (χ4v) is 4.29. The minimum atomic E-state index is -0.104. The van der Waals surface area contributed by atoms with Crippen LogP contribution in [0.4, 0.5) is 5.69 Å². The molecule has 0 saturated heterocycles. The molecule has 5 heteroatoms. The Labute approximate surface area is 184 Å². The predicted octanol–water partition coefficient (Wildman–Crippen LogP) is 5.14. The number of carbonyl (C=O) groups excluding carboxylic acids is 1. The highest BCUT2D eigenvalue weighted by Crippen LogP contribution is 2.34. The molecule has 1 aliphatic heterocycles. The first kappa shape index (κ1) is 21.2. The molecule has 1 atom stereocenters. The van der Waals surface area contributed by atoms with Crippen molar-refractivity contribution in [3.8, 4) is 5.75 Å². The zero-order valence-corrected chi connectivity index (χ0v) is 18.8. The van der Waals surface area contributed by atoms with Crippen LogP contribution in [0.1, 0.15) is 54.2 Å². The molecule has 0 bridgehead atoms. The predicted molar refractivity (Wildman–Crippen MR) is 126 cm³/mol. The number of nitrogens with one attached hydrogen (secondary N) is 1. The molecule has 3 aromatic rings. The second-order valence-corrected chi connectivity index (χ2v) is 8.86. The summed E-state index contributed by atoms with van der Waals surface area (Å²) in [6, 6.07) is 14.1. The zero-order valence-electron chi connectivity index (χ0n) is 18.8. The van der Waals surface area contributed by atoms with Crippen molar-refractivity contribution in [2.75, 3.05) is 25.6 Å². The second-order valence-electron chi connectivity index (χ2n) is 8.86. The van der Waals surface area contributed by atoms with E-state index in [0.717, 1.165) is 47.2 Å². The number of rotatable bonds is 6. The first-order chi connectivity index (χ1) is 15.0. The molecule has 1 N–H and O–H groups in total. The molecule has 0 radical (unpaired) electrons. The van der Waals surface area contributed by atoms with Crippen LogP contribution >= 0.6 is 0 Å². The van der Waals surface area contributed by atoms with E-state index in [1.54, 1.807) is 6.20 Å². The third-order valence-electron chi connectivity index (χ3n) is 5.90. The number of amides is 1. The van der Waals surface area contributed by atoms with E-state index in [9.17, 15) is 4.79 Å². The fourth-order valence-electron chi connectivity index (χ4n) is 4.29. The Kier molecular flexibility index (Phi) is 6.12. The van der Waals surface area contributed by atoms with E-state index in [1.165, 1.54) is 5.56 Å². The molecular weight excluding hydrogens is 386 g/mol. The number of benzene rings is 2. The second kappa shape index (κ2) is 8.96. The number of nitrogens with zero attached hydrogens (tertiary/aromatic N) is 2. The Morgan fingerprint density at radius 3 is 2.77 bits per heavy atom. The molecule has 0 saturated carbocycles. The molecule has 1 unspecified atom stereocenters. The van der Waals surface area contributed by atoms with Crippen LogP contribution in [-0.4, -0.2) is 31.6 Å². The van der Waals surface area contributed by atoms with Gasteiger partial charge in [0.15, 0.2) is 0 Å². The largest absolute Gasteiger partial charge is 0.493 e. The van der Waals surface area contributed by atoms with Gasteiger partial charge in [0.05, 0.1) is 29.4 Å². The van der Waals surface area contributed by atoms with Gasteiger partial charge in [-0.25, -0.2) is 0 Å². The minimum Gasteiger partial charge on any atom is -0.493 e. The number of ether oxygens (including phenoxy) is 1. The number of para-hydroxylation sites is 2. The van der Waals surface area contributed by atoms with Gasteiger partial charge in [0.2, 0.25) is 0 Å². The summed E-state index contributed by atoms with van der Waals surface area (Å²) in [5, 5.41) is 4.24. The van der Waals surface area contributed by atoms with Crippen molar-refractivity contribution in [2.45, 2.75) is 39.2 Å². The monoisotopic (exact) mass is 417 g/mol. The highest BCUT2D eigenvalue weighted by molar-refractivity contribution is 6.08. The number of carbonyl (C=O) groups is 1. The number of hydrogen-bond acceptors (Lipinski definition) is 4. The number of aryl methyl sites for hydroxylation is 1. The van der Waals surface area contributed by atoms with Gasteiger partial charge >= 0.3 is 0 Å². The highest BCUT2D eigenvalue weighted by atomic mass is 16.5. The van der Waals surface area contributed by atoms with Gasteiger partial charge in [0, 0.05) is 37.7 Å². The average molecular weight is 418 g/mol. The van der Waals surface area contributed by atoms with Crippen molar-refractivity contribution in [3.05, 3.63) is 65.4 Å². The standard InChI is InChI=1S/C26H31N3O2/c1-17(2)12-13-18-8-7-10-20-24(18)27-16-21(25(20)29(3)4)26(30)28-22-14-15-31-23-11-6-5-9-19(22)23/h5-11,16-17,22H,12-15H2,1-4H3,(H,28,30). The Balaban J connectivity index is 1.69. The molecule has 0 fully saturated rings. The molecule has 5 nitrogen and oxygen atoms in total. The number of fused-ring (bicyclic) bond motifs is 2. The molecule has 1 amide bonds. The molecule has 0 spiro atoms. The summed E-state index contributed by atoms with van der Waals surface area (Å²) < 4.78 is 5.74. The number of aromatic nitrogens is 1. The molecule has 0 aliphatic carbocycles. The third kappa shape index (κ3) is 4.36. The molecule has 4 rings (SSSR count). The van der Waals surface area contributed by atoms with E-state index < -0.39 is 0 Å². The van der Waals surface area contributed by atoms with Crippen molar-refractivity contribution in [2.24, 2.45) is 5.92 Å². The normalized spacial score (nSPS) is 15.5. The van der Waals surface area contributed by atoms with Crippen molar-refractivity contribution in [3.63, 3.8) is 0 Å². The lowest BCUT2D eigenvalue weighted by molar-refractivity contribution is 0.0925. The van der Waals surface area contributed by atoms with Gasteiger partial charge < -0.3 is 15.0 Å². The summed E-state index contributed by atoms with van der Waals surface area (Å²) in [5.41, 5.74) is 4.76. The van der Waals surface area contributed by atoms with Crippen molar-refractivity contribution in [1.29, 1.82) is 0 Å². The van der Waals surface area contributed by atoms with Gasteiger partial charge in [-0.1, -0.05) is 50.2 Å². The Morgan fingerprint density at radius 1 is 1.19 bits per heavy atom. The van der Waals surface area contributed by atoms with Crippen molar-refractivity contribution in [1.82, 2.24) is 10.3 Å². The van der Waals surface area contributed by atoms with Crippen LogP contribution in [0.2, 0.25) is 0 Å². The van der Waals surface area contributed by atoms with Crippen molar-refractivity contribution >= 4 is 22.5 Å². The van der Waals surface area contributed by atoms with E-state index >= 15 is 0 Å². The van der Waals surface area contributed by atoms with Gasteiger partial charge in [0.25, 0.3) is 5.91 Å². The Bertz CT molecular complexity index is 1090. The van der Waals surface area contributed by atoms with E-state index in [-0.39, 0.29) is 11.9 Å². The van der Waals surface area contributed by atoms with Gasteiger partial charge in [-0.05, 0) is 30.4 Å². The van der Waals surface area contributed by atoms with Crippen LogP contribution in [-0.2, 0) is 6.42 Å². The first-order valence-electron chi connectivity index (χ1n) is 11.1. The van der Waals surface area contributed by atoms with E-state index in [2.05, 4.69) is 37.4 Å². The van der Waals surface area contributed by atoms with Gasteiger partial charge in [-0.15, -0.1) is 0 Å². The smallest absolute Gasteiger partial charge is 0.255 e. The SMILES string of the molecule is CC(C)CCc1cccc2c(N(C)C)c(C(=O)NC3CCOc4ccccc43)cnc12. The molecule has 2 aromatic carbocycles. The Morgan fingerprint density at radius 2 is 2.00 bits per heavy atom. The third-order valence-corrected chi connectivity index (χ3v) is 5.90. The summed E-state index contributed by atoms with van der Waals surface area (Å²) in [6.07, 6.45) is 4.58. The average Bonchev–Trinajstić information content (AvgIpc) is 2.76. The minimum absolute atomic E-state index is 0.0689. The van der Waals surface area contributed by atoms with Crippen molar-refractivity contribution < 1.29 is 9.53 Å². The quantitative estimate of drug-likeness (QED) is 0.603. The first-order valence-corrected chi connectivity index (χ1v) is 11.1. The molecule has 162 valence electrons. The molecule has 2 heterocycles. The zero-order chi connectivity index (χ0) is 22.0. The van der Waals surface area contributed by atoms with Gasteiger partial charge in [-0.2, -0.15) is 0 Å². The Hall–Kier alpha value is -3.08. The molecular formula is C26H31N3O2. The van der Waals surface area contributed by atoms with E-state index in [0.29, 0.717) is 18.1 Å². The number of anilines is 1. The van der Waals surface area contributed by atoms with Gasteiger partial charge in [-0.3, -0.25) is 9.78 Å². The molecule has 1 aromatic heterocycles. The van der Waals surface area contributed by atoms with E-state index in [1.807, 2.05) is 43.3 Å². The number of hydrogen-bond donors (Lipinski definition) is 1. The summed E-state index contributed by atoms with van der Waals surface area (Å²) in [5.74, 6) is 1.38. The number of pyridine rings is 1. The maximum atomic E-state index is 13.4. The maximum absolute atomic E-state index is 13.4. The van der Waals surface area contributed by atoms with Gasteiger partial charge in [0.1, 0.15) is 5.75 Å². The lowest BCUT2D eigenvalue weighted by atomic mass is 9.97. The lowest BCUT2D eigenvalue weighted by Crippen LogP contribution is -2.33. The summed E-state index contributed by atoms with van der Waals surface area (Å²) >= 11 is 0. The molecule has 31 heavy (non-hydrogen) atoms. The topological polar surface area (TPSA) is 54.5 Å². The maximum Gasteiger partial charge on any atom is 0.255 e. The fraction of sp³-hybridized carbons (Fsp3) is 0.385. The van der Waals surface area contributed by atoms with Crippen LogP contribution in [0.15, 0.2) is 48.7 Å². The van der Waals surface area contributed by atoms with E-state index in [4.69, 9.17) is 9.72 Å². The van der Waals surface area contributed by atoms with Crippen LogP contribution in [0.3, 0.4) is 0 Å². The summed E-state index contributed by atoms with van der Waals surface area (Å²) in [4.78, 5) is 20.1. The lowest BCUT2D eigenvalue weighted by Gasteiger charge is -2.27. The highest BCUT2D eigenvalue weighted by Gasteiger charge is 2.25. The van der Waals surface area contributed by atoms with Crippen LogP contribution in [0.5, 0.6) is 5.75 Å².